The standard InChI is InChI=1S/C22H23NO3/c1-14-9-15(2)22(16(3)10-14)23-21(24)13-26-20-8-6-17-5-7-19(25-4)11-18(17)12-20/h5-12H,13H2,1-4H3,(H,23,24). The fourth-order valence-electron chi connectivity index (χ4n) is 3.12. The van der Waals surface area contributed by atoms with Crippen LogP contribution in [0, 0.1) is 20.8 Å². The fourth-order valence-corrected chi connectivity index (χ4v) is 3.12. The number of nitrogens with one attached hydrogen (secondary N) is 1. The van der Waals surface area contributed by atoms with E-state index in [1.54, 1.807) is 7.11 Å². The molecule has 4 heteroatoms. The molecule has 0 saturated heterocycles. The molecule has 0 aromatic heterocycles. The van der Waals surface area contributed by atoms with Gasteiger partial charge in [0.2, 0.25) is 0 Å². The normalized spacial score (nSPS) is 10.6. The molecule has 0 aliphatic heterocycles. The average Bonchev–Trinajstić information content (AvgIpc) is 2.62. The van der Waals surface area contributed by atoms with E-state index in [1.165, 1.54) is 5.56 Å². The second-order valence-corrected chi connectivity index (χ2v) is 6.49. The summed E-state index contributed by atoms with van der Waals surface area (Å²) in [5.74, 6) is 1.27. The van der Waals surface area contributed by atoms with Gasteiger partial charge in [-0.1, -0.05) is 29.8 Å². The van der Waals surface area contributed by atoms with E-state index in [2.05, 4.69) is 17.4 Å². The van der Waals surface area contributed by atoms with Gasteiger partial charge in [0, 0.05) is 5.69 Å². The quantitative estimate of drug-likeness (QED) is 0.720. The first kappa shape index (κ1) is 17.8. The molecule has 0 atom stereocenters. The van der Waals surface area contributed by atoms with Crippen molar-refractivity contribution in [1.82, 2.24) is 0 Å². The molecule has 0 bridgehead atoms. The number of rotatable bonds is 5. The van der Waals surface area contributed by atoms with Crippen LogP contribution in [-0.4, -0.2) is 19.6 Å². The van der Waals surface area contributed by atoms with Gasteiger partial charge in [-0.25, -0.2) is 0 Å². The van der Waals surface area contributed by atoms with E-state index < -0.39 is 0 Å². The Morgan fingerprint density at radius 3 is 2.15 bits per heavy atom. The molecule has 0 radical (unpaired) electrons. The zero-order valence-electron chi connectivity index (χ0n) is 15.6. The van der Waals surface area contributed by atoms with E-state index in [-0.39, 0.29) is 12.5 Å². The molecule has 0 aliphatic carbocycles. The van der Waals surface area contributed by atoms with Gasteiger partial charge < -0.3 is 14.8 Å². The lowest BCUT2D eigenvalue weighted by Gasteiger charge is -2.13. The van der Waals surface area contributed by atoms with Crippen LogP contribution in [-0.2, 0) is 4.79 Å². The number of ether oxygens (including phenoxy) is 2. The topological polar surface area (TPSA) is 47.6 Å². The lowest BCUT2D eigenvalue weighted by atomic mass is 10.1. The molecule has 3 rings (SSSR count). The van der Waals surface area contributed by atoms with Gasteiger partial charge in [0.1, 0.15) is 11.5 Å². The Morgan fingerprint density at radius 1 is 0.885 bits per heavy atom. The smallest absolute Gasteiger partial charge is 0.262 e. The van der Waals surface area contributed by atoms with Gasteiger partial charge in [0.25, 0.3) is 5.91 Å². The maximum Gasteiger partial charge on any atom is 0.262 e. The molecule has 0 unspecified atom stereocenters. The minimum atomic E-state index is -0.175. The third kappa shape index (κ3) is 3.97. The van der Waals surface area contributed by atoms with Crippen LogP contribution in [0.3, 0.4) is 0 Å². The number of carbonyl (C=O) groups excluding carboxylic acids is 1. The first-order valence-electron chi connectivity index (χ1n) is 8.54. The SMILES string of the molecule is COc1ccc2ccc(OCC(=O)Nc3c(C)cc(C)cc3C)cc2c1. The summed E-state index contributed by atoms with van der Waals surface area (Å²) in [4.78, 5) is 12.3. The third-order valence-corrected chi connectivity index (χ3v) is 4.33. The molecule has 3 aromatic carbocycles. The summed E-state index contributed by atoms with van der Waals surface area (Å²) in [6.45, 7) is 5.99. The highest BCUT2D eigenvalue weighted by Crippen LogP contribution is 2.25. The summed E-state index contributed by atoms with van der Waals surface area (Å²) in [6, 6.07) is 15.7. The number of hydrogen-bond acceptors (Lipinski definition) is 3. The monoisotopic (exact) mass is 349 g/mol. The Hall–Kier alpha value is -3.01. The molecular formula is C22H23NO3. The zero-order valence-corrected chi connectivity index (χ0v) is 15.6. The highest BCUT2D eigenvalue weighted by molar-refractivity contribution is 5.93. The summed E-state index contributed by atoms with van der Waals surface area (Å²) in [7, 11) is 1.64. The first-order valence-corrected chi connectivity index (χ1v) is 8.54. The molecule has 4 nitrogen and oxygen atoms in total. The Balaban J connectivity index is 1.69. The molecule has 0 saturated carbocycles. The zero-order chi connectivity index (χ0) is 18.7. The van der Waals surface area contributed by atoms with E-state index in [4.69, 9.17) is 9.47 Å². The number of aryl methyl sites for hydroxylation is 3. The van der Waals surface area contributed by atoms with E-state index in [0.717, 1.165) is 33.3 Å². The molecule has 3 aromatic rings. The van der Waals surface area contributed by atoms with Crippen molar-refractivity contribution in [2.24, 2.45) is 0 Å². The van der Waals surface area contributed by atoms with Crippen LogP contribution in [0.5, 0.6) is 11.5 Å². The molecule has 1 N–H and O–H groups in total. The summed E-state index contributed by atoms with van der Waals surface area (Å²) >= 11 is 0. The number of amides is 1. The molecular weight excluding hydrogens is 326 g/mol. The number of benzene rings is 3. The van der Waals surface area contributed by atoms with Crippen LogP contribution in [0.1, 0.15) is 16.7 Å². The van der Waals surface area contributed by atoms with E-state index in [0.29, 0.717) is 5.75 Å². The highest BCUT2D eigenvalue weighted by Gasteiger charge is 2.09. The van der Waals surface area contributed by atoms with Crippen LogP contribution in [0.4, 0.5) is 5.69 Å². The van der Waals surface area contributed by atoms with Crippen LogP contribution in [0.25, 0.3) is 10.8 Å². The van der Waals surface area contributed by atoms with Crippen LogP contribution in [0.2, 0.25) is 0 Å². The number of carbonyl (C=O) groups is 1. The maximum absolute atomic E-state index is 12.3. The van der Waals surface area contributed by atoms with Crippen LogP contribution in [0.15, 0.2) is 48.5 Å². The van der Waals surface area contributed by atoms with Gasteiger partial charge in [-0.05, 0) is 66.9 Å². The van der Waals surface area contributed by atoms with Gasteiger partial charge in [-0.15, -0.1) is 0 Å². The van der Waals surface area contributed by atoms with Crippen LogP contribution < -0.4 is 14.8 Å². The summed E-state index contributed by atoms with van der Waals surface area (Å²) in [6.07, 6.45) is 0. The molecule has 0 heterocycles. The van der Waals surface area contributed by atoms with E-state index in [1.807, 2.05) is 57.2 Å². The van der Waals surface area contributed by atoms with Gasteiger partial charge in [0.05, 0.1) is 7.11 Å². The second kappa shape index (κ2) is 7.48. The molecule has 0 fully saturated rings. The van der Waals surface area contributed by atoms with E-state index >= 15 is 0 Å². The summed E-state index contributed by atoms with van der Waals surface area (Å²) < 4.78 is 10.9. The van der Waals surface area contributed by atoms with Crippen molar-refractivity contribution in [2.45, 2.75) is 20.8 Å². The third-order valence-electron chi connectivity index (χ3n) is 4.33. The Labute approximate surface area is 153 Å². The fraction of sp³-hybridized carbons (Fsp3) is 0.227. The molecule has 1 amide bonds. The van der Waals surface area contributed by atoms with Crippen molar-refractivity contribution < 1.29 is 14.3 Å². The molecule has 26 heavy (non-hydrogen) atoms. The number of anilines is 1. The Morgan fingerprint density at radius 2 is 1.50 bits per heavy atom. The van der Waals surface area contributed by atoms with Crippen molar-refractivity contribution in [3.63, 3.8) is 0 Å². The van der Waals surface area contributed by atoms with E-state index in [9.17, 15) is 4.79 Å². The Bertz CT molecular complexity index is 940. The maximum atomic E-state index is 12.3. The number of methoxy groups -OCH3 is 1. The predicted molar refractivity (Wildman–Crippen MR) is 105 cm³/mol. The van der Waals surface area contributed by atoms with Gasteiger partial charge in [-0.3, -0.25) is 4.79 Å². The lowest BCUT2D eigenvalue weighted by molar-refractivity contribution is -0.118. The highest BCUT2D eigenvalue weighted by atomic mass is 16.5. The molecule has 0 spiro atoms. The average molecular weight is 349 g/mol. The van der Waals surface area contributed by atoms with Gasteiger partial charge in [0.15, 0.2) is 6.61 Å². The minimum Gasteiger partial charge on any atom is -0.497 e. The minimum absolute atomic E-state index is 0.0395. The Kier molecular flexibility index (Phi) is 5.12. The largest absolute Gasteiger partial charge is 0.497 e. The van der Waals surface area contributed by atoms with Gasteiger partial charge >= 0.3 is 0 Å². The molecule has 134 valence electrons. The lowest BCUT2D eigenvalue weighted by Crippen LogP contribution is -2.21. The molecule has 0 aliphatic rings. The van der Waals surface area contributed by atoms with Crippen molar-refractivity contribution >= 4 is 22.4 Å². The summed E-state index contributed by atoms with van der Waals surface area (Å²) in [5, 5.41) is 5.05. The number of fused-ring (bicyclic) bond motifs is 1. The number of hydrogen-bond donors (Lipinski definition) is 1. The van der Waals surface area contributed by atoms with Crippen LogP contribution >= 0.6 is 0 Å². The van der Waals surface area contributed by atoms with Crippen molar-refractivity contribution in [3.8, 4) is 11.5 Å². The van der Waals surface area contributed by atoms with Gasteiger partial charge in [-0.2, -0.15) is 0 Å². The first-order chi connectivity index (χ1) is 12.5. The predicted octanol–water partition coefficient (Wildman–Crippen LogP) is 4.79. The van der Waals surface area contributed by atoms with Crippen molar-refractivity contribution in [2.75, 3.05) is 19.0 Å². The van der Waals surface area contributed by atoms with Crippen molar-refractivity contribution in [3.05, 3.63) is 65.2 Å². The summed E-state index contributed by atoms with van der Waals surface area (Å²) in [5.41, 5.74) is 4.13. The van der Waals surface area contributed by atoms with Crippen molar-refractivity contribution in [1.29, 1.82) is 0 Å². The second-order valence-electron chi connectivity index (χ2n) is 6.49.